The summed E-state index contributed by atoms with van der Waals surface area (Å²) in [6.07, 6.45) is 5.90. The Morgan fingerprint density at radius 2 is 1.83 bits per heavy atom. The van der Waals surface area contributed by atoms with Crippen LogP contribution in [0.25, 0.3) is 0 Å². The molecule has 0 aliphatic heterocycles. The Hall–Kier alpha value is -3.26. The minimum atomic E-state index is -0.251. The molecule has 0 radical (unpaired) electrons. The molecule has 0 bridgehead atoms. The molecule has 1 atom stereocenters. The molecule has 158 valence electrons. The van der Waals surface area contributed by atoms with E-state index in [9.17, 15) is 4.39 Å². The van der Waals surface area contributed by atoms with Gasteiger partial charge >= 0.3 is 0 Å². The lowest BCUT2D eigenvalue weighted by molar-refractivity contribution is 0.626. The van der Waals surface area contributed by atoms with Gasteiger partial charge in [0, 0.05) is 55.9 Å². The maximum absolute atomic E-state index is 13.3. The first-order valence-electron chi connectivity index (χ1n) is 10.1. The smallest absolute Gasteiger partial charge is 0.150 e. The highest BCUT2D eigenvalue weighted by Crippen LogP contribution is 2.27. The van der Waals surface area contributed by atoms with Crippen LogP contribution in [-0.4, -0.2) is 34.6 Å². The monoisotopic (exact) mass is 409 g/mol. The number of benzene rings is 1. The van der Waals surface area contributed by atoms with E-state index in [2.05, 4.69) is 32.4 Å². The van der Waals surface area contributed by atoms with E-state index < -0.39 is 0 Å². The van der Waals surface area contributed by atoms with E-state index in [4.69, 9.17) is 10.7 Å². The fourth-order valence-electron chi connectivity index (χ4n) is 3.18. The number of nitrogens with one attached hydrogen (secondary N) is 2. The summed E-state index contributed by atoms with van der Waals surface area (Å²) in [5.41, 5.74) is 7.81. The van der Waals surface area contributed by atoms with Crippen molar-refractivity contribution in [3.8, 4) is 0 Å². The fraction of sp³-hybridized carbons (Fsp3) is 0.318. The Bertz CT molecular complexity index is 913. The van der Waals surface area contributed by atoms with Crippen molar-refractivity contribution < 1.29 is 4.39 Å². The Labute approximate surface area is 176 Å². The summed E-state index contributed by atoms with van der Waals surface area (Å²) in [5.74, 6) is 1.72. The van der Waals surface area contributed by atoms with E-state index in [1.807, 2.05) is 19.1 Å². The van der Waals surface area contributed by atoms with Crippen molar-refractivity contribution in [2.75, 3.05) is 35.2 Å². The van der Waals surface area contributed by atoms with Crippen LogP contribution >= 0.6 is 0 Å². The largest absolute Gasteiger partial charge is 0.370 e. The zero-order valence-corrected chi connectivity index (χ0v) is 17.3. The van der Waals surface area contributed by atoms with Crippen LogP contribution < -0.4 is 21.3 Å². The predicted molar refractivity (Wildman–Crippen MR) is 120 cm³/mol. The van der Waals surface area contributed by atoms with Crippen LogP contribution in [0.4, 0.5) is 27.5 Å². The number of rotatable bonds is 10. The minimum absolute atomic E-state index is 0.0492. The van der Waals surface area contributed by atoms with Crippen LogP contribution in [0.5, 0.6) is 0 Å². The van der Waals surface area contributed by atoms with Gasteiger partial charge in [-0.05, 0) is 31.0 Å². The molecule has 0 saturated carbocycles. The van der Waals surface area contributed by atoms with Crippen LogP contribution in [0, 0.1) is 5.82 Å². The van der Waals surface area contributed by atoms with Crippen LogP contribution in [0.15, 0.2) is 55.0 Å². The molecule has 0 fully saturated rings. The van der Waals surface area contributed by atoms with E-state index in [0.29, 0.717) is 24.0 Å². The zero-order valence-electron chi connectivity index (χ0n) is 17.3. The SMILES string of the molecule is CCCN(CCN)c1cc(Nc2cnccn2)nc(NC(C)c2ccc(F)cc2)c1. The Balaban J connectivity index is 1.90. The number of hydrogen-bond acceptors (Lipinski definition) is 7. The number of hydrogen-bond donors (Lipinski definition) is 3. The normalized spacial score (nSPS) is 11.7. The van der Waals surface area contributed by atoms with E-state index in [1.165, 1.54) is 12.1 Å². The second kappa shape index (κ2) is 10.5. The Morgan fingerprint density at radius 3 is 2.50 bits per heavy atom. The van der Waals surface area contributed by atoms with Gasteiger partial charge in [0.2, 0.25) is 0 Å². The van der Waals surface area contributed by atoms with Crippen molar-refractivity contribution >= 4 is 23.1 Å². The van der Waals surface area contributed by atoms with Crippen molar-refractivity contribution in [2.24, 2.45) is 5.73 Å². The van der Waals surface area contributed by atoms with Crippen molar-refractivity contribution in [1.82, 2.24) is 15.0 Å². The molecule has 0 spiro atoms. The summed E-state index contributed by atoms with van der Waals surface area (Å²) >= 11 is 0. The van der Waals surface area contributed by atoms with Crippen molar-refractivity contribution in [3.05, 3.63) is 66.4 Å². The molecule has 30 heavy (non-hydrogen) atoms. The molecule has 1 aromatic carbocycles. The number of nitrogens with zero attached hydrogens (tertiary/aromatic N) is 4. The van der Waals surface area contributed by atoms with Gasteiger partial charge in [-0.2, -0.15) is 0 Å². The van der Waals surface area contributed by atoms with Gasteiger partial charge in [0.1, 0.15) is 23.3 Å². The highest BCUT2D eigenvalue weighted by molar-refractivity contribution is 5.65. The first-order chi connectivity index (χ1) is 14.6. The van der Waals surface area contributed by atoms with Gasteiger partial charge in [0.25, 0.3) is 0 Å². The minimum Gasteiger partial charge on any atom is -0.370 e. The van der Waals surface area contributed by atoms with Gasteiger partial charge in [0.05, 0.1) is 6.20 Å². The van der Waals surface area contributed by atoms with Gasteiger partial charge in [0.15, 0.2) is 0 Å². The average Bonchev–Trinajstić information content (AvgIpc) is 2.74. The summed E-state index contributed by atoms with van der Waals surface area (Å²) in [6.45, 7) is 6.35. The predicted octanol–water partition coefficient (Wildman–Crippen LogP) is 4.10. The number of aromatic nitrogens is 3. The maximum Gasteiger partial charge on any atom is 0.150 e. The molecule has 0 saturated heterocycles. The molecule has 0 aliphatic rings. The topological polar surface area (TPSA) is 92.0 Å². The fourth-order valence-corrected chi connectivity index (χ4v) is 3.18. The van der Waals surface area contributed by atoms with E-state index in [0.717, 1.165) is 30.8 Å². The van der Waals surface area contributed by atoms with Gasteiger partial charge < -0.3 is 21.3 Å². The standard InChI is InChI=1S/C22H28FN7/c1-3-11-30(12-8-24)19-13-20(27-16(2)17-4-6-18(23)7-5-17)28-21(14-19)29-22-15-25-9-10-26-22/h4-7,9-10,13-16H,3,8,11-12,24H2,1-2H3,(H2,26,27,28,29). The van der Waals surface area contributed by atoms with E-state index in [1.54, 1.807) is 30.7 Å². The number of anilines is 4. The summed E-state index contributed by atoms with van der Waals surface area (Å²) in [6, 6.07) is 10.4. The van der Waals surface area contributed by atoms with Gasteiger partial charge in [-0.1, -0.05) is 19.1 Å². The first-order valence-corrected chi connectivity index (χ1v) is 10.1. The summed E-state index contributed by atoms with van der Waals surface area (Å²) < 4.78 is 13.3. The van der Waals surface area contributed by atoms with Crippen LogP contribution in [0.2, 0.25) is 0 Å². The van der Waals surface area contributed by atoms with Gasteiger partial charge in [-0.15, -0.1) is 0 Å². The molecule has 8 heteroatoms. The second-order valence-electron chi connectivity index (χ2n) is 7.00. The summed E-state index contributed by atoms with van der Waals surface area (Å²) in [7, 11) is 0. The third-order valence-electron chi connectivity index (χ3n) is 4.62. The third kappa shape index (κ3) is 5.87. The highest BCUT2D eigenvalue weighted by atomic mass is 19.1. The molecule has 7 nitrogen and oxygen atoms in total. The van der Waals surface area contributed by atoms with E-state index in [-0.39, 0.29) is 11.9 Å². The molecular formula is C22H28FN7. The van der Waals surface area contributed by atoms with Crippen LogP contribution in [0.3, 0.4) is 0 Å². The second-order valence-corrected chi connectivity index (χ2v) is 7.00. The number of nitrogens with two attached hydrogens (primary N) is 1. The van der Waals surface area contributed by atoms with Gasteiger partial charge in [-0.25, -0.2) is 14.4 Å². The zero-order chi connectivity index (χ0) is 21.3. The molecule has 0 amide bonds. The lowest BCUT2D eigenvalue weighted by Gasteiger charge is -2.25. The van der Waals surface area contributed by atoms with Gasteiger partial charge in [-0.3, -0.25) is 4.98 Å². The average molecular weight is 410 g/mol. The molecule has 2 aromatic heterocycles. The third-order valence-corrected chi connectivity index (χ3v) is 4.62. The maximum atomic E-state index is 13.3. The van der Waals surface area contributed by atoms with Crippen molar-refractivity contribution in [2.45, 2.75) is 26.3 Å². The van der Waals surface area contributed by atoms with E-state index >= 15 is 0 Å². The molecular weight excluding hydrogens is 381 g/mol. The Kier molecular flexibility index (Phi) is 7.51. The van der Waals surface area contributed by atoms with Crippen LogP contribution in [-0.2, 0) is 0 Å². The lowest BCUT2D eigenvalue weighted by Crippen LogP contribution is -2.30. The molecule has 3 rings (SSSR count). The highest BCUT2D eigenvalue weighted by Gasteiger charge is 2.13. The molecule has 1 unspecified atom stereocenters. The van der Waals surface area contributed by atoms with Crippen molar-refractivity contribution in [3.63, 3.8) is 0 Å². The molecule has 4 N–H and O–H groups in total. The van der Waals surface area contributed by atoms with Crippen molar-refractivity contribution in [1.29, 1.82) is 0 Å². The summed E-state index contributed by atoms with van der Waals surface area (Å²) in [4.78, 5) is 15.3. The molecule has 0 aliphatic carbocycles. The lowest BCUT2D eigenvalue weighted by atomic mass is 10.1. The number of halogens is 1. The molecule has 2 heterocycles. The first kappa shape index (κ1) is 21.4. The quantitative estimate of drug-likeness (QED) is 0.464. The number of pyridine rings is 1. The molecule has 3 aromatic rings. The summed E-state index contributed by atoms with van der Waals surface area (Å²) in [5, 5.41) is 6.63. The Morgan fingerprint density at radius 1 is 1.07 bits per heavy atom. The van der Waals surface area contributed by atoms with Crippen LogP contribution in [0.1, 0.15) is 31.9 Å².